The van der Waals surface area contributed by atoms with E-state index in [1.807, 2.05) is 31.2 Å². The number of halogens is 1. The molecule has 0 bridgehead atoms. The lowest BCUT2D eigenvalue weighted by atomic mass is 10.0. The average Bonchev–Trinajstić information content (AvgIpc) is 2.41. The van der Waals surface area contributed by atoms with E-state index >= 15 is 0 Å². The van der Waals surface area contributed by atoms with Crippen LogP contribution in [0.3, 0.4) is 0 Å². The van der Waals surface area contributed by atoms with Crippen molar-refractivity contribution in [2.45, 2.75) is 37.6 Å². The van der Waals surface area contributed by atoms with Gasteiger partial charge in [-0.3, -0.25) is 0 Å². The standard InChI is InChI=1S/C13H18BrNO2S/c1-9-6-7-18(16,17)10(2)13(15-9)11-4-3-5-12(14)8-11/h3-5,8-10,13,15H,6-7H2,1-2H3. The lowest BCUT2D eigenvalue weighted by Gasteiger charge is -2.24. The van der Waals surface area contributed by atoms with Crippen LogP contribution >= 0.6 is 15.9 Å². The van der Waals surface area contributed by atoms with Crippen LogP contribution in [-0.2, 0) is 9.84 Å². The Kier molecular flexibility index (Phi) is 4.14. The van der Waals surface area contributed by atoms with Crippen LogP contribution in [0.2, 0.25) is 0 Å². The Hall–Kier alpha value is -0.390. The number of nitrogens with one attached hydrogen (secondary N) is 1. The third-order valence-electron chi connectivity index (χ3n) is 3.54. The summed E-state index contributed by atoms with van der Waals surface area (Å²) in [6.07, 6.45) is 0.678. The fraction of sp³-hybridized carbons (Fsp3) is 0.538. The molecule has 1 N–H and O–H groups in total. The molecule has 1 heterocycles. The number of rotatable bonds is 1. The van der Waals surface area contributed by atoms with Crippen molar-refractivity contribution >= 4 is 25.8 Å². The summed E-state index contributed by atoms with van der Waals surface area (Å²) in [6.45, 7) is 3.84. The predicted octanol–water partition coefficient (Wildman–Crippen LogP) is 2.68. The number of hydrogen-bond donors (Lipinski definition) is 1. The monoisotopic (exact) mass is 331 g/mol. The van der Waals surface area contributed by atoms with Crippen molar-refractivity contribution in [3.63, 3.8) is 0 Å². The lowest BCUT2D eigenvalue weighted by molar-refractivity contribution is 0.452. The van der Waals surface area contributed by atoms with Crippen LogP contribution in [0.4, 0.5) is 0 Å². The van der Waals surface area contributed by atoms with Crippen LogP contribution in [-0.4, -0.2) is 25.5 Å². The molecular formula is C13H18BrNO2S. The quantitative estimate of drug-likeness (QED) is 0.860. The maximum Gasteiger partial charge on any atom is 0.154 e. The van der Waals surface area contributed by atoms with Gasteiger partial charge in [0.1, 0.15) is 0 Å². The normalized spacial score (nSPS) is 31.8. The summed E-state index contributed by atoms with van der Waals surface area (Å²) < 4.78 is 25.3. The first kappa shape index (κ1) is 14.0. The third-order valence-corrected chi connectivity index (χ3v) is 6.25. The van der Waals surface area contributed by atoms with E-state index in [0.29, 0.717) is 6.42 Å². The second-order valence-electron chi connectivity index (χ2n) is 4.96. The van der Waals surface area contributed by atoms with Gasteiger partial charge in [-0.05, 0) is 38.0 Å². The molecule has 0 amide bonds. The van der Waals surface area contributed by atoms with Crippen LogP contribution in [0.25, 0.3) is 0 Å². The van der Waals surface area contributed by atoms with E-state index in [0.717, 1.165) is 10.0 Å². The first-order valence-corrected chi connectivity index (χ1v) is 8.64. The first-order valence-electron chi connectivity index (χ1n) is 6.13. The van der Waals surface area contributed by atoms with Crippen LogP contribution < -0.4 is 5.32 Å². The highest BCUT2D eigenvalue weighted by Crippen LogP contribution is 2.28. The molecule has 1 aliphatic rings. The number of sulfone groups is 1. The van der Waals surface area contributed by atoms with E-state index in [4.69, 9.17) is 0 Å². The highest BCUT2D eigenvalue weighted by atomic mass is 79.9. The molecular weight excluding hydrogens is 314 g/mol. The fourth-order valence-corrected chi connectivity index (χ4v) is 4.45. The summed E-state index contributed by atoms with van der Waals surface area (Å²) in [5.74, 6) is 0.271. The summed E-state index contributed by atoms with van der Waals surface area (Å²) in [4.78, 5) is 0. The second-order valence-corrected chi connectivity index (χ2v) is 8.35. The molecule has 1 aliphatic heterocycles. The van der Waals surface area contributed by atoms with Gasteiger partial charge in [-0.15, -0.1) is 0 Å². The van der Waals surface area contributed by atoms with Gasteiger partial charge in [0.2, 0.25) is 0 Å². The van der Waals surface area contributed by atoms with E-state index < -0.39 is 15.1 Å². The SMILES string of the molecule is CC1CCS(=O)(=O)C(C)C(c2cccc(Br)c2)N1. The van der Waals surface area contributed by atoms with E-state index in [1.165, 1.54) is 0 Å². The zero-order chi connectivity index (χ0) is 13.3. The molecule has 3 atom stereocenters. The Balaban J connectivity index is 2.40. The van der Waals surface area contributed by atoms with Crippen LogP contribution in [0.1, 0.15) is 31.9 Å². The van der Waals surface area contributed by atoms with Gasteiger partial charge < -0.3 is 5.32 Å². The van der Waals surface area contributed by atoms with Crippen molar-refractivity contribution in [3.05, 3.63) is 34.3 Å². The summed E-state index contributed by atoms with van der Waals surface area (Å²) >= 11 is 3.43. The van der Waals surface area contributed by atoms with E-state index in [2.05, 4.69) is 21.2 Å². The third kappa shape index (κ3) is 2.95. The van der Waals surface area contributed by atoms with Crippen molar-refractivity contribution in [3.8, 4) is 0 Å². The minimum atomic E-state index is -3.02. The molecule has 100 valence electrons. The van der Waals surface area contributed by atoms with Crippen LogP contribution in [0, 0.1) is 0 Å². The van der Waals surface area contributed by atoms with Crippen molar-refractivity contribution in [2.75, 3.05) is 5.75 Å². The Morgan fingerprint density at radius 1 is 1.33 bits per heavy atom. The molecule has 3 nitrogen and oxygen atoms in total. The first-order chi connectivity index (χ1) is 8.40. The molecule has 1 saturated heterocycles. The highest BCUT2D eigenvalue weighted by Gasteiger charge is 2.34. The Morgan fingerprint density at radius 2 is 2.06 bits per heavy atom. The highest BCUT2D eigenvalue weighted by molar-refractivity contribution is 9.10. The molecule has 0 saturated carbocycles. The van der Waals surface area contributed by atoms with Crippen molar-refractivity contribution in [1.82, 2.24) is 5.32 Å². The van der Waals surface area contributed by atoms with E-state index in [-0.39, 0.29) is 17.8 Å². The zero-order valence-electron chi connectivity index (χ0n) is 10.6. The minimum Gasteiger partial charge on any atom is -0.306 e. The van der Waals surface area contributed by atoms with Gasteiger partial charge in [-0.25, -0.2) is 8.42 Å². The maximum absolute atomic E-state index is 12.2. The maximum atomic E-state index is 12.2. The van der Waals surface area contributed by atoms with Crippen molar-refractivity contribution in [2.24, 2.45) is 0 Å². The molecule has 3 unspecified atom stereocenters. The predicted molar refractivity (Wildman–Crippen MR) is 77.3 cm³/mol. The summed E-state index contributed by atoms with van der Waals surface area (Å²) in [5, 5.41) is 3.04. The molecule has 0 radical (unpaired) electrons. The average molecular weight is 332 g/mol. The van der Waals surface area contributed by atoms with Gasteiger partial charge in [0, 0.05) is 16.6 Å². The number of hydrogen-bond acceptors (Lipinski definition) is 3. The molecule has 1 aromatic rings. The summed E-state index contributed by atoms with van der Waals surface area (Å²) in [7, 11) is -3.02. The Bertz CT molecular complexity index is 530. The molecule has 1 aromatic carbocycles. The molecule has 2 rings (SSSR count). The lowest BCUT2D eigenvalue weighted by Crippen LogP contribution is -2.36. The molecule has 0 aliphatic carbocycles. The fourth-order valence-electron chi connectivity index (χ4n) is 2.33. The molecule has 0 aromatic heterocycles. The smallest absolute Gasteiger partial charge is 0.154 e. The minimum absolute atomic E-state index is 0.134. The molecule has 0 spiro atoms. The van der Waals surface area contributed by atoms with E-state index in [9.17, 15) is 8.42 Å². The largest absolute Gasteiger partial charge is 0.306 e. The summed E-state index contributed by atoms with van der Waals surface area (Å²) in [5.41, 5.74) is 1.02. The van der Waals surface area contributed by atoms with Crippen LogP contribution in [0.5, 0.6) is 0 Å². The van der Waals surface area contributed by atoms with Crippen molar-refractivity contribution < 1.29 is 8.42 Å². The van der Waals surface area contributed by atoms with Gasteiger partial charge in [-0.1, -0.05) is 28.1 Å². The van der Waals surface area contributed by atoms with Gasteiger partial charge >= 0.3 is 0 Å². The summed E-state index contributed by atoms with van der Waals surface area (Å²) in [6, 6.07) is 7.94. The molecule has 18 heavy (non-hydrogen) atoms. The van der Waals surface area contributed by atoms with Gasteiger partial charge in [0.25, 0.3) is 0 Å². The topological polar surface area (TPSA) is 46.2 Å². The number of benzene rings is 1. The van der Waals surface area contributed by atoms with Crippen molar-refractivity contribution in [1.29, 1.82) is 0 Å². The van der Waals surface area contributed by atoms with Crippen LogP contribution in [0.15, 0.2) is 28.7 Å². The molecule has 5 heteroatoms. The van der Waals surface area contributed by atoms with Gasteiger partial charge in [0.05, 0.1) is 11.0 Å². The van der Waals surface area contributed by atoms with E-state index in [1.54, 1.807) is 6.92 Å². The zero-order valence-corrected chi connectivity index (χ0v) is 13.0. The Labute approximate surface area is 117 Å². The second kappa shape index (κ2) is 5.31. The van der Waals surface area contributed by atoms with Gasteiger partial charge in [0.15, 0.2) is 9.84 Å². The Morgan fingerprint density at radius 3 is 2.72 bits per heavy atom. The van der Waals surface area contributed by atoms with Gasteiger partial charge in [-0.2, -0.15) is 0 Å². The molecule has 1 fully saturated rings.